The van der Waals surface area contributed by atoms with Crippen LogP contribution >= 0.6 is 11.8 Å². The molecule has 1 unspecified atom stereocenters. The number of furan rings is 1. The van der Waals surface area contributed by atoms with Crippen LogP contribution in [-0.4, -0.2) is 11.4 Å². The normalized spacial score (nSPS) is 12.7. The van der Waals surface area contributed by atoms with Crippen molar-refractivity contribution in [2.24, 2.45) is 0 Å². The van der Waals surface area contributed by atoms with Crippen molar-refractivity contribution in [3.8, 4) is 0 Å². The molecule has 0 bridgehead atoms. The molecule has 2 aromatic rings. The van der Waals surface area contributed by atoms with Crippen LogP contribution in [0.3, 0.4) is 0 Å². The number of aliphatic hydroxyl groups excluding tert-OH is 1. The van der Waals surface area contributed by atoms with Gasteiger partial charge in [0.15, 0.2) is 0 Å². The first-order valence-electron chi connectivity index (χ1n) is 5.09. The highest BCUT2D eigenvalue weighted by molar-refractivity contribution is 7.98. The molecule has 0 aliphatic carbocycles. The fourth-order valence-electron chi connectivity index (χ4n) is 1.65. The molecule has 2 nitrogen and oxygen atoms in total. The van der Waals surface area contributed by atoms with Crippen LogP contribution < -0.4 is 0 Å². The Morgan fingerprint density at radius 2 is 1.94 bits per heavy atom. The molecule has 2 rings (SSSR count). The van der Waals surface area contributed by atoms with Crippen LogP contribution in [0.2, 0.25) is 0 Å². The predicted octanol–water partition coefficient (Wildman–Crippen LogP) is 3.39. The van der Waals surface area contributed by atoms with Gasteiger partial charge in [-0.3, -0.25) is 0 Å². The molecule has 84 valence electrons. The molecule has 0 fully saturated rings. The van der Waals surface area contributed by atoms with Gasteiger partial charge < -0.3 is 9.52 Å². The average molecular weight is 234 g/mol. The third-order valence-electron chi connectivity index (χ3n) is 2.46. The van der Waals surface area contributed by atoms with E-state index in [0.717, 1.165) is 16.2 Å². The van der Waals surface area contributed by atoms with Crippen molar-refractivity contribution < 1.29 is 9.52 Å². The number of aryl methyl sites for hydroxylation is 1. The molecule has 1 heterocycles. The van der Waals surface area contributed by atoms with Crippen LogP contribution in [0.1, 0.15) is 23.2 Å². The zero-order chi connectivity index (χ0) is 11.5. The Kier molecular flexibility index (Phi) is 3.36. The van der Waals surface area contributed by atoms with E-state index >= 15 is 0 Å². The third-order valence-corrected chi connectivity index (χ3v) is 3.28. The zero-order valence-corrected chi connectivity index (χ0v) is 10.1. The lowest BCUT2D eigenvalue weighted by Gasteiger charge is -2.11. The molecule has 1 N–H and O–H groups in total. The van der Waals surface area contributed by atoms with Gasteiger partial charge in [0, 0.05) is 10.5 Å². The molecule has 0 amide bonds. The summed E-state index contributed by atoms with van der Waals surface area (Å²) in [5.41, 5.74) is 0.893. The molecule has 0 saturated heterocycles. The summed E-state index contributed by atoms with van der Waals surface area (Å²) in [5, 5.41) is 10.2. The molecular formula is C13H14O2S. The van der Waals surface area contributed by atoms with Gasteiger partial charge in [-0.25, -0.2) is 0 Å². The van der Waals surface area contributed by atoms with Gasteiger partial charge in [0.25, 0.3) is 0 Å². The van der Waals surface area contributed by atoms with Gasteiger partial charge in [-0.15, -0.1) is 11.8 Å². The largest absolute Gasteiger partial charge is 0.463 e. The van der Waals surface area contributed by atoms with Gasteiger partial charge >= 0.3 is 0 Å². The Morgan fingerprint density at radius 3 is 2.56 bits per heavy atom. The van der Waals surface area contributed by atoms with E-state index in [2.05, 4.69) is 0 Å². The highest BCUT2D eigenvalue weighted by Gasteiger charge is 2.16. The van der Waals surface area contributed by atoms with Gasteiger partial charge in [0.2, 0.25) is 0 Å². The van der Waals surface area contributed by atoms with Crippen LogP contribution in [0.25, 0.3) is 0 Å². The lowest BCUT2D eigenvalue weighted by Crippen LogP contribution is -1.99. The molecule has 1 aromatic carbocycles. The van der Waals surface area contributed by atoms with Crippen molar-refractivity contribution in [1.29, 1.82) is 0 Å². The second-order valence-corrected chi connectivity index (χ2v) is 4.44. The zero-order valence-electron chi connectivity index (χ0n) is 9.31. The molecule has 0 aliphatic rings. The van der Waals surface area contributed by atoms with Crippen molar-refractivity contribution in [3.05, 3.63) is 53.5 Å². The molecular weight excluding hydrogens is 220 g/mol. The molecule has 3 heteroatoms. The standard InChI is InChI=1S/C13H14O2S/c1-9-7-8-11(15-9)13(14)10-5-3-4-6-12(10)16-2/h3-8,13-14H,1-2H3. The van der Waals surface area contributed by atoms with E-state index < -0.39 is 6.10 Å². The Morgan fingerprint density at radius 1 is 1.19 bits per heavy atom. The first-order valence-corrected chi connectivity index (χ1v) is 6.32. The Balaban J connectivity index is 2.36. The quantitative estimate of drug-likeness (QED) is 0.826. The van der Waals surface area contributed by atoms with E-state index in [4.69, 9.17) is 4.42 Å². The van der Waals surface area contributed by atoms with E-state index in [-0.39, 0.29) is 0 Å². The maximum Gasteiger partial charge on any atom is 0.138 e. The average Bonchev–Trinajstić information content (AvgIpc) is 2.75. The Hall–Kier alpha value is -1.19. The maximum absolute atomic E-state index is 10.2. The van der Waals surface area contributed by atoms with Crippen LogP contribution in [0.5, 0.6) is 0 Å². The Labute approximate surface area is 99.3 Å². The first kappa shape index (κ1) is 11.3. The second kappa shape index (κ2) is 4.76. The summed E-state index contributed by atoms with van der Waals surface area (Å²) in [5.74, 6) is 1.41. The third kappa shape index (κ3) is 2.15. The fraction of sp³-hybridized carbons (Fsp3) is 0.231. The minimum atomic E-state index is -0.683. The maximum atomic E-state index is 10.2. The van der Waals surface area contributed by atoms with Gasteiger partial charge in [-0.05, 0) is 31.4 Å². The van der Waals surface area contributed by atoms with Crippen molar-refractivity contribution in [2.75, 3.05) is 6.26 Å². The lowest BCUT2D eigenvalue weighted by atomic mass is 10.1. The summed E-state index contributed by atoms with van der Waals surface area (Å²) in [6.45, 7) is 1.87. The minimum absolute atomic E-state index is 0.596. The SMILES string of the molecule is CSc1ccccc1C(O)c1ccc(C)o1. The molecule has 0 spiro atoms. The number of benzene rings is 1. The van der Waals surface area contributed by atoms with Crippen molar-refractivity contribution in [2.45, 2.75) is 17.9 Å². The van der Waals surface area contributed by atoms with Gasteiger partial charge in [0.1, 0.15) is 17.6 Å². The molecule has 1 aromatic heterocycles. The van der Waals surface area contributed by atoms with E-state index in [1.54, 1.807) is 11.8 Å². The molecule has 0 aliphatic heterocycles. The summed E-state index contributed by atoms with van der Waals surface area (Å²) < 4.78 is 5.44. The topological polar surface area (TPSA) is 33.4 Å². The molecule has 16 heavy (non-hydrogen) atoms. The number of hydrogen-bond acceptors (Lipinski definition) is 3. The number of rotatable bonds is 3. The van der Waals surface area contributed by atoms with Gasteiger partial charge in [0.05, 0.1) is 0 Å². The van der Waals surface area contributed by atoms with Crippen molar-refractivity contribution in [3.63, 3.8) is 0 Å². The summed E-state index contributed by atoms with van der Waals surface area (Å²) in [7, 11) is 0. The van der Waals surface area contributed by atoms with Crippen LogP contribution in [0.15, 0.2) is 45.7 Å². The summed E-state index contributed by atoms with van der Waals surface area (Å²) in [6, 6.07) is 11.5. The lowest BCUT2D eigenvalue weighted by molar-refractivity contribution is 0.185. The Bertz CT molecular complexity index is 476. The van der Waals surface area contributed by atoms with Crippen molar-refractivity contribution in [1.82, 2.24) is 0 Å². The first-order chi connectivity index (χ1) is 7.72. The summed E-state index contributed by atoms with van der Waals surface area (Å²) >= 11 is 1.62. The highest BCUT2D eigenvalue weighted by Crippen LogP contribution is 2.30. The van der Waals surface area contributed by atoms with Crippen LogP contribution in [0.4, 0.5) is 0 Å². The number of aliphatic hydroxyl groups is 1. The van der Waals surface area contributed by atoms with Crippen LogP contribution in [0, 0.1) is 6.92 Å². The molecule has 0 saturated carbocycles. The molecule has 1 atom stereocenters. The van der Waals surface area contributed by atoms with E-state index in [1.807, 2.05) is 49.6 Å². The van der Waals surface area contributed by atoms with E-state index in [9.17, 15) is 5.11 Å². The van der Waals surface area contributed by atoms with E-state index in [0.29, 0.717) is 5.76 Å². The summed E-state index contributed by atoms with van der Waals surface area (Å²) in [4.78, 5) is 1.07. The smallest absolute Gasteiger partial charge is 0.138 e. The van der Waals surface area contributed by atoms with E-state index in [1.165, 1.54) is 0 Å². The summed E-state index contributed by atoms with van der Waals surface area (Å²) in [6.07, 6.45) is 1.32. The number of thioether (sulfide) groups is 1. The number of hydrogen-bond donors (Lipinski definition) is 1. The monoisotopic (exact) mass is 234 g/mol. The fourth-order valence-corrected chi connectivity index (χ4v) is 2.28. The predicted molar refractivity (Wildman–Crippen MR) is 65.7 cm³/mol. The molecule has 0 radical (unpaired) electrons. The minimum Gasteiger partial charge on any atom is -0.463 e. The second-order valence-electron chi connectivity index (χ2n) is 3.59. The van der Waals surface area contributed by atoms with Gasteiger partial charge in [-0.2, -0.15) is 0 Å². The highest BCUT2D eigenvalue weighted by atomic mass is 32.2. The van der Waals surface area contributed by atoms with Crippen LogP contribution in [-0.2, 0) is 0 Å². The van der Waals surface area contributed by atoms with Crippen molar-refractivity contribution >= 4 is 11.8 Å². The van der Waals surface area contributed by atoms with Gasteiger partial charge in [-0.1, -0.05) is 18.2 Å².